The molecular formula is C27H31N3O2S. The molecule has 2 aromatic carbocycles. The first kappa shape index (κ1) is 23.2. The molecule has 0 spiro atoms. The van der Waals surface area contributed by atoms with E-state index in [0.717, 1.165) is 29.7 Å². The van der Waals surface area contributed by atoms with E-state index in [1.165, 1.54) is 16.2 Å². The number of nitrogens with zero attached hydrogens (tertiary/aromatic N) is 2. The number of rotatable bonds is 3. The van der Waals surface area contributed by atoms with Crippen molar-refractivity contribution in [3.63, 3.8) is 0 Å². The third kappa shape index (κ3) is 4.08. The molecule has 2 aromatic rings. The molecule has 2 heterocycles. The molecule has 2 aliphatic rings. The highest BCUT2D eigenvalue weighted by molar-refractivity contribution is 7.80. The molecular weight excluding hydrogens is 430 g/mol. The summed E-state index contributed by atoms with van der Waals surface area (Å²) in [6.07, 6.45) is 2.72. The molecule has 0 saturated carbocycles. The summed E-state index contributed by atoms with van der Waals surface area (Å²) in [5.74, 6) is -0.489. The maximum absolute atomic E-state index is 13.4. The summed E-state index contributed by atoms with van der Waals surface area (Å²) >= 11 is 5.36. The Balaban J connectivity index is 1.74. The fraction of sp³-hybridized carbons (Fsp3) is 0.370. The van der Waals surface area contributed by atoms with Gasteiger partial charge in [-0.2, -0.15) is 0 Å². The SMILES string of the molecule is CCN1c2ccc(/C=C3\C(=O)NC(=S)N(c4ccc(C)cc4C)C3=O)cc2C(C)CC1(C)C. The van der Waals surface area contributed by atoms with Crippen molar-refractivity contribution in [3.8, 4) is 0 Å². The van der Waals surface area contributed by atoms with Crippen LogP contribution in [0.2, 0.25) is 0 Å². The summed E-state index contributed by atoms with van der Waals surface area (Å²) in [5, 5.41) is 2.80. The van der Waals surface area contributed by atoms with E-state index < -0.39 is 11.8 Å². The van der Waals surface area contributed by atoms with E-state index in [2.05, 4.69) is 50.0 Å². The maximum atomic E-state index is 13.4. The van der Waals surface area contributed by atoms with Gasteiger partial charge in [-0.1, -0.05) is 30.7 Å². The van der Waals surface area contributed by atoms with Gasteiger partial charge in [-0.05, 0) is 100 Å². The van der Waals surface area contributed by atoms with Gasteiger partial charge in [-0.25, -0.2) is 0 Å². The standard InChI is InChI=1S/C27H31N3O2S/c1-7-29-23-11-9-19(13-20(23)18(4)15-27(29,5)6)14-21-24(31)28-26(33)30(25(21)32)22-10-8-16(2)12-17(22)3/h8-14,18H,7,15H2,1-6H3,(H,28,31,33)/b21-14+. The average Bonchev–Trinajstić information content (AvgIpc) is 2.72. The van der Waals surface area contributed by atoms with Gasteiger partial charge >= 0.3 is 0 Å². The van der Waals surface area contributed by atoms with E-state index in [1.54, 1.807) is 6.08 Å². The van der Waals surface area contributed by atoms with Crippen molar-refractivity contribution < 1.29 is 9.59 Å². The number of aryl methyl sites for hydroxylation is 2. The fourth-order valence-corrected chi connectivity index (χ4v) is 5.57. The van der Waals surface area contributed by atoms with Gasteiger partial charge in [0, 0.05) is 17.8 Å². The van der Waals surface area contributed by atoms with Crippen molar-refractivity contribution in [2.75, 3.05) is 16.3 Å². The van der Waals surface area contributed by atoms with Crippen LogP contribution >= 0.6 is 12.2 Å². The number of nitrogens with one attached hydrogen (secondary N) is 1. The van der Waals surface area contributed by atoms with Gasteiger partial charge in [0.1, 0.15) is 5.57 Å². The second-order valence-corrected chi connectivity index (χ2v) is 10.1. The Morgan fingerprint density at radius 3 is 2.48 bits per heavy atom. The predicted molar refractivity (Wildman–Crippen MR) is 139 cm³/mol. The van der Waals surface area contributed by atoms with E-state index in [-0.39, 0.29) is 16.2 Å². The molecule has 1 saturated heterocycles. The molecule has 2 amide bonds. The van der Waals surface area contributed by atoms with Crippen molar-refractivity contribution in [3.05, 3.63) is 64.2 Å². The van der Waals surface area contributed by atoms with Crippen LogP contribution in [0.15, 0.2) is 42.0 Å². The van der Waals surface area contributed by atoms with Crippen LogP contribution in [0.3, 0.4) is 0 Å². The molecule has 5 nitrogen and oxygen atoms in total. The second kappa shape index (κ2) is 8.41. The molecule has 6 heteroatoms. The molecule has 1 atom stereocenters. The molecule has 2 aliphatic heterocycles. The van der Waals surface area contributed by atoms with E-state index in [1.807, 2.05) is 38.1 Å². The van der Waals surface area contributed by atoms with Gasteiger partial charge < -0.3 is 4.90 Å². The van der Waals surface area contributed by atoms with Crippen LogP contribution in [0.5, 0.6) is 0 Å². The largest absolute Gasteiger partial charge is 0.366 e. The first-order chi connectivity index (χ1) is 15.5. The lowest BCUT2D eigenvalue weighted by Gasteiger charge is -2.47. The molecule has 4 rings (SSSR count). The monoisotopic (exact) mass is 461 g/mol. The number of hydrogen-bond acceptors (Lipinski definition) is 4. The summed E-state index contributed by atoms with van der Waals surface area (Å²) in [4.78, 5) is 30.0. The number of amides is 2. The zero-order valence-corrected chi connectivity index (χ0v) is 21.0. The van der Waals surface area contributed by atoms with Crippen LogP contribution in [0, 0.1) is 13.8 Å². The van der Waals surface area contributed by atoms with Crippen LogP contribution in [-0.4, -0.2) is 29.0 Å². The molecule has 0 aromatic heterocycles. The molecule has 0 aliphatic carbocycles. The lowest BCUT2D eigenvalue weighted by atomic mass is 9.79. The second-order valence-electron chi connectivity index (χ2n) is 9.73. The van der Waals surface area contributed by atoms with Crippen LogP contribution in [0.1, 0.15) is 62.3 Å². The Hall–Kier alpha value is -2.99. The third-order valence-electron chi connectivity index (χ3n) is 6.73. The zero-order chi connectivity index (χ0) is 24.1. The van der Waals surface area contributed by atoms with Crippen LogP contribution in [0.25, 0.3) is 6.08 Å². The molecule has 33 heavy (non-hydrogen) atoms. The van der Waals surface area contributed by atoms with Crippen LogP contribution < -0.4 is 15.1 Å². The topological polar surface area (TPSA) is 52.7 Å². The summed E-state index contributed by atoms with van der Waals surface area (Å²) in [6.45, 7) is 13.8. The smallest absolute Gasteiger partial charge is 0.270 e. The zero-order valence-electron chi connectivity index (χ0n) is 20.2. The highest BCUT2D eigenvalue weighted by Gasteiger charge is 2.37. The number of thiocarbonyl (C=S) groups is 1. The van der Waals surface area contributed by atoms with Crippen LogP contribution in [-0.2, 0) is 9.59 Å². The van der Waals surface area contributed by atoms with Crippen molar-refractivity contribution in [1.82, 2.24) is 5.32 Å². The van der Waals surface area contributed by atoms with Crippen molar-refractivity contribution in [2.45, 2.75) is 59.4 Å². The molecule has 1 N–H and O–H groups in total. The maximum Gasteiger partial charge on any atom is 0.270 e. The van der Waals surface area contributed by atoms with Crippen molar-refractivity contribution in [1.29, 1.82) is 0 Å². The fourth-order valence-electron chi connectivity index (χ4n) is 5.30. The van der Waals surface area contributed by atoms with E-state index in [4.69, 9.17) is 12.2 Å². The lowest BCUT2D eigenvalue weighted by molar-refractivity contribution is -0.122. The molecule has 1 fully saturated rings. The van der Waals surface area contributed by atoms with Gasteiger partial charge in [0.05, 0.1) is 5.69 Å². The summed E-state index contributed by atoms with van der Waals surface area (Å²) < 4.78 is 0. The Kier molecular flexibility index (Phi) is 5.91. The highest BCUT2D eigenvalue weighted by atomic mass is 32.1. The van der Waals surface area contributed by atoms with Gasteiger partial charge in [0.15, 0.2) is 5.11 Å². The van der Waals surface area contributed by atoms with Crippen molar-refractivity contribution in [2.24, 2.45) is 0 Å². The van der Waals surface area contributed by atoms with Crippen molar-refractivity contribution >= 4 is 46.6 Å². The number of hydrogen-bond donors (Lipinski definition) is 1. The molecule has 0 radical (unpaired) electrons. The molecule has 172 valence electrons. The minimum absolute atomic E-state index is 0.0830. The minimum Gasteiger partial charge on any atom is -0.366 e. The van der Waals surface area contributed by atoms with Gasteiger partial charge in [0.2, 0.25) is 0 Å². The summed E-state index contributed by atoms with van der Waals surface area (Å²) in [5.41, 5.74) is 6.17. The minimum atomic E-state index is -0.465. The predicted octanol–water partition coefficient (Wildman–Crippen LogP) is 5.25. The Labute approximate surface area is 201 Å². The first-order valence-electron chi connectivity index (χ1n) is 11.4. The first-order valence-corrected chi connectivity index (χ1v) is 11.8. The molecule has 1 unspecified atom stereocenters. The van der Waals surface area contributed by atoms with E-state index in [0.29, 0.717) is 11.6 Å². The third-order valence-corrected chi connectivity index (χ3v) is 7.02. The highest BCUT2D eigenvalue weighted by Crippen LogP contribution is 2.43. The quantitative estimate of drug-likeness (QED) is 0.386. The van der Waals surface area contributed by atoms with Gasteiger partial charge in [-0.15, -0.1) is 0 Å². The number of anilines is 2. The van der Waals surface area contributed by atoms with Crippen LogP contribution in [0.4, 0.5) is 11.4 Å². The Morgan fingerprint density at radius 2 is 1.82 bits per heavy atom. The Bertz CT molecular complexity index is 1200. The Morgan fingerprint density at radius 1 is 1.12 bits per heavy atom. The van der Waals surface area contributed by atoms with E-state index in [9.17, 15) is 9.59 Å². The van der Waals surface area contributed by atoms with E-state index >= 15 is 0 Å². The lowest BCUT2D eigenvalue weighted by Crippen LogP contribution is -2.54. The summed E-state index contributed by atoms with van der Waals surface area (Å²) in [7, 11) is 0. The number of carbonyl (C=O) groups excluding carboxylic acids is 2. The summed E-state index contributed by atoms with van der Waals surface area (Å²) in [6, 6.07) is 12.0. The average molecular weight is 462 g/mol. The normalized spacial score (nSPS) is 21.3. The number of benzene rings is 2. The number of carbonyl (C=O) groups is 2. The van der Waals surface area contributed by atoms with Gasteiger partial charge in [0.25, 0.3) is 11.8 Å². The molecule has 0 bridgehead atoms. The number of fused-ring (bicyclic) bond motifs is 1. The van der Waals surface area contributed by atoms with Gasteiger partial charge in [-0.3, -0.25) is 19.8 Å².